The van der Waals surface area contributed by atoms with Crippen LogP contribution in [0.15, 0.2) is 24.3 Å². The van der Waals surface area contributed by atoms with Crippen LogP contribution in [0.5, 0.6) is 5.75 Å². The Morgan fingerprint density at radius 3 is 2.74 bits per heavy atom. The van der Waals surface area contributed by atoms with E-state index in [1.54, 1.807) is 6.07 Å². The lowest BCUT2D eigenvalue weighted by atomic mass is 10.1. The molecular formula is C20H23ClN2O4. The van der Waals surface area contributed by atoms with Gasteiger partial charge >= 0.3 is 0 Å². The van der Waals surface area contributed by atoms with E-state index in [0.717, 1.165) is 37.4 Å². The van der Waals surface area contributed by atoms with Crippen LogP contribution in [0, 0.1) is 13.8 Å². The van der Waals surface area contributed by atoms with Gasteiger partial charge in [-0.05, 0) is 51.0 Å². The fourth-order valence-corrected chi connectivity index (χ4v) is 3.57. The molecule has 1 saturated heterocycles. The van der Waals surface area contributed by atoms with E-state index in [4.69, 9.17) is 26.8 Å². The second-order valence-electron chi connectivity index (χ2n) is 6.75. The van der Waals surface area contributed by atoms with Gasteiger partial charge in [-0.1, -0.05) is 11.6 Å². The van der Waals surface area contributed by atoms with Crippen LogP contribution >= 0.6 is 11.6 Å². The van der Waals surface area contributed by atoms with Crippen molar-refractivity contribution in [2.45, 2.75) is 39.3 Å². The molecule has 0 aliphatic carbocycles. The lowest BCUT2D eigenvalue weighted by Gasteiger charge is -2.15. The van der Waals surface area contributed by atoms with Crippen LogP contribution in [0.2, 0.25) is 5.02 Å². The van der Waals surface area contributed by atoms with Crippen LogP contribution in [0.3, 0.4) is 0 Å². The number of carbonyl (C=O) groups is 2. The number of halogens is 1. The summed E-state index contributed by atoms with van der Waals surface area (Å²) in [5.41, 5.74) is 8.01. The number of primary amides is 1. The molecular weight excluding hydrogens is 368 g/mol. The summed E-state index contributed by atoms with van der Waals surface area (Å²) in [6.45, 7) is 5.25. The number of nitrogens with two attached hydrogens (primary N) is 1. The van der Waals surface area contributed by atoms with Crippen LogP contribution in [-0.4, -0.2) is 35.6 Å². The first-order valence-corrected chi connectivity index (χ1v) is 9.28. The lowest BCUT2D eigenvalue weighted by molar-refractivity contribution is 0.0907. The van der Waals surface area contributed by atoms with Gasteiger partial charge in [-0.2, -0.15) is 0 Å². The Labute approximate surface area is 163 Å². The highest BCUT2D eigenvalue weighted by atomic mass is 35.5. The Morgan fingerprint density at radius 1 is 1.30 bits per heavy atom. The summed E-state index contributed by atoms with van der Waals surface area (Å²) >= 11 is 5.89. The van der Waals surface area contributed by atoms with Gasteiger partial charge in [-0.25, -0.2) is 0 Å². The first-order valence-electron chi connectivity index (χ1n) is 8.90. The summed E-state index contributed by atoms with van der Waals surface area (Å²) in [7, 11) is 0. The molecule has 0 radical (unpaired) electrons. The average molecular weight is 391 g/mol. The zero-order chi connectivity index (χ0) is 19.6. The number of aryl methyl sites for hydroxylation is 1. The highest BCUT2D eigenvalue weighted by Gasteiger charge is 2.21. The van der Waals surface area contributed by atoms with Crippen molar-refractivity contribution < 1.29 is 19.1 Å². The van der Waals surface area contributed by atoms with Crippen LogP contribution in [0.4, 0.5) is 0 Å². The normalized spacial score (nSPS) is 16.5. The van der Waals surface area contributed by atoms with Crippen molar-refractivity contribution in [1.82, 2.24) is 4.57 Å². The SMILES string of the molecule is Cc1cc(C(=O)COc2ccc(Cl)cc2C(N)=O)c(C)n1C[C@@H]1CCCO1. The largest absolute Gasteiger partial charge is 0.485 e. The minimum absolute atomic E-state index is 0.152. The number of amides is 1. The van der Waals surface area contributed by atoms with E-state index in [2.05, 4.69) is 4.57 Å². The van der Waals surface area contributed by atoms with Gasteiger partial charge in [0.2, 0.25) is 5.78 Å². The smallest absolute Gasteiger partial charge is 0.252 e. The number of hydrogen-bond donors (Lipinski definition) is 1. The third kappa shape index (κ3) is 4.34. The third-order valence-corrected chi connectivity index (χ3v) is 5.09. The fourth-order valence-electron chi connectivity index (χ4n) is 3.40. The Kier molecular flexibility index (Phi) is 5.87. The molecule has 1 fully saturated rings. The molecule has 1 amide bonds. The predicted octanol–water partition coefficient (Wildman–Crippen LogP) is 3.30. The summed E-state index contributed by atoms with van der Waals surface area (Å²) in [4.78, 5) is 24.2. The Balaban J connectivity index is 1.73. The number of ketones is 1. The molecule has 1 atom stereocenters. The molecule has 0 saturated carbocycles. The van der Waals surface area contributed by atoms with Gasteiger partial charge in [0.1, 0.15) is 5.75 Å². The van der Waals surface area contributed by atoms with E-state index >= 15 is 0 Å². The van der Waals surface area contributed by atoms with Gasteiger partial charge in [0.05, 0.1) is 11.7 Å². The second-order valence-corrected chi connectivity index (χ2v) is 7.18. The molecule has 1 aliphatic heterocycles. The predicted molar refractivity (Wildman–Crippen MR) is 103 cm³/mol. The molecule has 0 spiro atoms. The van der Waals surface area contributed by atoms with Gasteiger partial charge < -0.3 is 19.8 Å². The first-order chi connectivity index (χ1) is 12.9. The molecule has 0 unspecified atom stereocenters. The van der Waals surface area contributed by atoms with E-state index in [-0.39, 0.29) is 29.8 Å². The molecule has 1 aromatic heterocycles. The summed E-state index contributed by atoms with van der Waals surface area (Å²) in [6.07, 6.45) is 2.31. The minimum Gasteiger partial charge on any atom is -0.485 e. The summed E-state index contributed by atoms with van der Waals surface area (Å²) < 4.78 is 13.4. The number of Topliss-reactive ketones (excluding diaryl/α,β-unsaturated/α-hetero) is 1. The molecule has 2 N–H and O–H groups in total. The number of nitrogens with zero attached hydrogens (tertiary/aromatic N) is 1. The van der Waals surface area contributed by atoms with E-state index in [9.17, 15) is 9.59 Å². The highest BCUT2D eigenvalue weighted by Crippen LogP contribution is 2.24. The molecule has 7 heteroatoms. The monoisotopic (exact) mass is 390 g/mol. The third-order valence-electron chi connectivity index (χ3n) is 4.85. The van der Waals surface area contributed by atoms with Gasteiger partial charge in [0.25, 0.3) is 5.91 Å². The average Bonchev–Trinajstić information content (AvgIpc) is 3.24. The first kappa shape index (κ1) is 19.5. The van der Waals surface area contributed by atoms with Crippen LogP contribution < -0.4 is 10.5 Å². The Bertz CT molecular complexity index is 869. The summed E-state index contributed by atoms with van der Waals surface area (Å²) in [6, 6.07) is 6.42. The van der Waals surface area contributed by atoms with Crippen molar-refractivity contribution in [3.8, 4) is 5.75 Å². The standard InChI is InChI=1S/C20H23ClN2O4/c1-12-8-16(13(2)23(12)10-15-4-3-7-26-15)18(24)11-27-19-6-5-14(21)9-17(19)20(22)25/h5-6,8-9,15H,3-4,7,10-11H2,1-2H3,(H2,22,25)/t15-/m0/s1. The number of aromatic nitrogens is 1. The molecule has 144 valence electrons. The zero-order valence-electron chi connectivity index (χ0n) is 15.5. The van der Waals surface area contributed by atoms with Crippen molar-refractivity contribution >= 4 is 23.3 Å². The number of benzene rings is 1. The molecule has 27 heavy (non-hydrogen) atoms. The number of rotatable bonds is 7. The van der Waals surface area contributed by atoms with Crippen molar-refractivity contribution in [3.63, 3.8) is 0 Å². The number of carbonyl (C=O) groups excluding carboxylic acids is 2. The molecule has 0 bridgehead atoms. The topological polar surface area (TPSA) is 83.5 Å². The van der Waals surface area contributed by atoms with E-state index in [1.165, 1.54) is 12.1 Å². The maximum atomic E-state index is 12.7. The fraction of sp³-hybridized carbons (Fsp3) is 0.400. The molecule has 6 nitrogen and oxygen atoms in total. The van der Waals surface area contributed by atoms with E-state index in [1.807, 2.05) is 19.9 Å². The van der Waals surface area contributed by atoms with Crippen molar-refractivity contribution in [3.05, 3.63) is 51.8 Å². The lowest BCUT2D eigenvalue weighted by Crippen LogP contribution is -2.19. The Hall–Kier alpha value is -2.31. The highest BCUT2D eigenvalue weighted by molar-refractivity contribution is 6.31. The summed E-state index contributed by atoms with van der Waals surface area (Å²) in [5, 5.41) is 0.375. The van der Waals surface area contributed by atoms with Crippen molar-refractivity contribution in [2.24, 2.45) is 5.73 Å². The van der Waals surface area contributed by atoms with E-state index < -0.39 is 5.91 Å². The molecule has 2 aromatic rings. The maximum Gasteiger partial charge on any atom is 0.252 e. The molecule has 1 aromatic carbocycles. The summed E-state index contributed by atoms with van der Waals surface area (Å²) in [5.74, 6) is -0.574. The second kappa shape index (κ2) is 8.15. The van der Waals surface area contributed by atoms with E-state index in [0.29, 0.717) is 10.6 Å². The maximum absolute atomic E-state index is 12.7. The molecule has 1 aliphatic rings. The molecule has 2 heterocycles. The van der Waals surface area contributed by atoms with Crippen molar-refractivity contribution in [1.29, 1.82) is 0 Å². The number of ether oxygens (including phenoxy) is 2. The Morgan fingerprint density at radius 2 is 2.07 bits per heavy atom. The van der Waals surface area contributed by atoms with Gasteiger partial charge in [-0.3, -0.25) is 9.59 Å². The quantitative estimate of drug-likeness (QED) is 0.735. The van der Waals surface area contributed by atoms with Crippen LogP contribution in [0.1, 0.15) is 44.9 Å². The van der Waals surface area contributed by atoms with Crippen molar-refractivity contribution in [2.75, 3.05) is 13.2 Å². The number of hydrogen-bond acceptors (Lipinski definition) is 4. The van der Waals surface area contributed by atoms with Gasteiger partial charge in [0.15, 0.2) is 6.61 Å². The van der Waals surface area contributed by atoms with Gasteiger partial charge in [-0.15, -0.1) is 0 Å². The molecule has 3 rings (SSSR count). The zero-order valence-corrected chi connectivity index (χ0v) is 16.2. The van der Waals surface area contributed by atoms with Gasteiger partial charge in [0, 0.05) is 35.1 Å². The minimum atomic E-state index is -0.658. The van der Waals surface area contributed by atoms with Crippen LogP contribution in [-0.2, 0) is 11.3 Å². The van der Waals surface area contributed by atoms with Crippen LogP contribution in [0.25, 0.3) is 0 Å².